The summed E-state index contributed by atoms with van der Waals surface area (Å²) in [6.45, 7) is 0.390. The molecular weight excluding hydrogens is 345 g/mol. The van der Waals surface area contributed by atoms with Gasteiger partial charge in [0.2, 0.25) is 0 Å². The lowest BCUT2D eigenvalue weighted by Gasteiger charge is -2.20. The number of hydrogen-bond donors (Lipinski definition) is 2. The van der Waals surface area contributed by atoms with E-state index in [1.807, 2.05) is 24.3 Å². The highest BCUT2D eigenvalue weighted by molar-refractivity contribution is 5.88. The van der Waals surface area contributed by atoms with Crippen molar-refractivity contribution in [1.29, 1.82) is 0 Å². The third-order valence-corrected chi connectivity index (χ3v) is 5.68. The highest BCUT2D eigenvalue weighted by atomic mass is 19.1. The van der Waals surface area contributed by atoms with Crippen molar-refractivity contribution in [3.63, 3.8) is 0 Å². The van der Waals surface area contributed by atoms with E-state index in [1.54, 1.807) is 22.9 Å². The van der Waals surface area contributed by atoms with Crippen LogP contribution in [-0.4, -0.2) is 20.7 Å². The molecule has 1 aliphatic rings. The maximum absolute atomic E-state index is 13.9. The fourth-order valence-electron chi connectivity index (χ4n) is 4.29. The Morgan fingerprint density at radius 3 is 2.44 bits per heavy atom. The molecule has 1 saturated carbocycles. The molecule has 27 heavy (non-hydrogen) atoms. The van der Waals surface area contributed by atoms with E-state index in [9.17, 15) is 19.4 Å². The molecule has 0 radical (unpaired) electrons. The van der Waals surface area contributed by atoms with Gasteiger partial charge in [0.05, 0.1) is 12.5 Å². The largest absolute Gasteiger partial charge is 0.494 e. The molecule has 0 amide bonds. The maximum Gasteiger partial charge on any atom is 0.311 e. The lowest BCUT2D eigenvalue weighted by molar-refractivity contribution is -0.140. The lowest BCUT2D eigenvalue weighted by Crippen LogP contribution is -2.19. The number of carboxylic acid groups (broad SMARTS) is 1. The van der Waals surface area contributed by atoms with Gasteiger partial charge in [-0.15, -0.1) is 0 Å². The highest BCUT2D eigenvalue weighted by Gasteiger charge is 2.31. The summed E-state index contributed by atoms with van der Waals surface area (Å²) in [4.78, 5) is 11.8. The fourth-order valence-corrected chi connectivity index (χ4v) is 4.29. The number of carbonyl (C=O) groups is 1. The van der Waals surface area contributed by atoms with Crippen LogP contribution in [-0.2, 0) is 11.3 Å². The molecule has 0 spiro atoms. The second-order valence-corrected chi connectivity index (χ2v) is 7.38. The predicted octanol–water partition coefficient (Wildman–Crippen LogP) is 4.89. The van der Waals surface area contributed by atoms with Gasteiger partial charge in [-0.2, -0.15) is 0 Å². The number of aliphatic carboxylic acids is 1. The van der Waals surface area contributed by atoms with Gasteiger partial charge in [-0.25, -0.2) is 4.39 Å². The summed E-state index contributed by atoms with van der Waals surface area (Å²) in [5.74, 6) is -1.35. The zero-order valence-corrected chi connectivity index (χ0v) is 14.9. The minimum atomic E-state index is -0.764. The Morgan fingerprint density at radius 1 is 1.11 bits per heavy atom. The Hall–Kier alpha value is -2.82. The van der Waals surface area contributed by atoms with Crippen LogP contribution in [0.4, 0.5) is 4.39 Å². The summed E-state index contributed by atoms with van der Waals surface area (Å²) in [6, 6.07) is 12.1. The van der Waals surface area contributed by atoms with Gasteiger partial charge in [0, 0.05) is 17.0 Å². The number of nitrogens with zero attached hydrogens (tertiary/aromatic N) is 1. The number of carboxylic acids is 1. The van der Waals surface area contributed by atoms with E-state index in [1.165, 1.54) is 6.07 Å². The zero-order valence-electron chi connectivity index (χ0n) is 14.9. The van der Waals surface area contributed by atoms with Gasteiger partial charge >= 0.3 is 5.97 Å². The molecule has 2 aromatic carbocycles. The molecule has 1 aliphatic carbocycles. The molecule has 2 N–H and O–H groups in total. The fraction of sp³-hybridized carbons (Fsp3) is 0.318. The molecule has 1 heterocycles. The van der Waals surface area contributed by atoms with Crippen molar-refractivity contribution in [2.24, 2.45) is 5.92 Å². The molecule has 1 atom stereocenters. The molecule has 0 aliphatic heterocycles. The van der Waals surface area contributed by atoms with Gasteiger partial charge in [-0.1, -0.05) is 43.2 Å². The van der Waals surface area contributed by atoms with Crippen molar-refractivity contribution in [2.45, 2.75) is 38.1 Å². The van der Waals surface area contributed by atoms with E-state index in [4.69, 9.17) is 0 Å². The average Bonchev–Trinajstić information content (AvgIpc) is 3.27. The quantitative estimate of drug-likeness (QED) is 0.675. The average molecular weight is 367 g/mol. The van der Waals surface area contributed by atoms with Gasteiger partial charge in [-0.05, 0) is 42.0 Å². The van der Waals surface area contributed by atoms with E-state index in [0.29, 0.717) is 17.3 Å². The van der Waals surface area contributed by atoms with Crippen molar-refractivity contribution < 1.29 is 19.4 Å². The first-order valence-corrected chi connectivity index (χ1v) is 9.32. The minimum absolute atomic E-state index is 0.0305. The summed E-state index contributed by atoms with van der Waals surface area (Å²) < 4.78 is 15.5. The van der Waals surface area contributed by atoms with Crippen LogP contribution in [0.25, 0.3) is 10.8 Å². The third-order valence-electron chi connectivity index (χ3n) is 5.68. The molecule has 0 bridgehead atoms. The van der Waals surface area contributed by atoms with E-state index in [0.717, 1.165) is 36.8 Å². The van der Waals surface area contributed by atoms with Gasteiger partial charge in [0.25, 0.3) is 0 Å². The number of halogens is 1. The predicted molar refractivity (Wildman–Crippen MR) is 101 cm³/mol. The smallest absolute Gasteiger partial charge is 0.311 e. The zero-order chi connectivity index (χ0) is 19.0. The van der Waals surface area contributed by atoms with Crippen LogP contribution in [0, 0.1) is 11.7 Å². The summed E-state index contributed by atoms with van der Waals surface area (Å²) in [6.07, 6.45) is 5.74. The molecule has 4 rings (SSSR count). The van der Waals surface area contributed by atoms with Crippen LogP contribution in [0.3, 0.4) is 0 Å². The normalized spacial score (nSPS) is 16.0. The first-order valence-electron chi connectivity index (χ1n) is 9.32. The van der Waals surface area contributed by atoms with Gasteiger partial charge in [0.1, 0.15) is 5.82 Å². The van der Waals surface area contributed by atoms with Gasteiger partial charge < -0.3 is 14.8 Å². The summed E-state index contributed by atoms with van der Waals surface area (Å²) in [5.41, 5.74) is 1.75. The monoisotopic (exact) mass is 367 g/mol. The molecule has 140 valence electrons. The molecule has 5 heteroatoms. The van der Waals surface area contributed by atoms with Crippen LogP contribution in [0.1, 0.15) is 42.7 Å². The number of hydrogen-bond acceptors (Lipinski definition) is 2. The second-order valence-electron chi connectivity index (χ2n) is 7.38. The molecule has 1 unspecified atom stereocenters. The van der Waals surface area contributed by atoms with Crippen molar-refractivity contribution in [3.8, 4) is 5.88 Å². The van der Waals surface area contributed by atoms with Crippen LogP contribution in [0.5, 0.6) is 5.88 Å². The number of fused-ring (bicyclic) bond motifs is 1. The molecule has 4 nitrogen and oxygen atoms in total. The first kappa shape index (κ1) is 17.6. The molecule has 0 saturated heterocycles. The minimum Gasteiger partial charge on any atom is -0.494 e. The first-order chi connectivity index (χ1) is 13.0. The molecular formula is C22H22FNO3. The van der Waals surface area contributed by atoms with Crippen LogP contribution >= 0.6 is 0 Å². The highest BCUT2D eigenvalue weighted by Crippen LogP contribution is 2.37. The summed E-state index contributed by atoms with van der Waals surface area (Å²) >= 11 is 0. The van der Waals surface area contributed by atoms with Crippen molar-refractivity contribution in [3.05, 3.63) is 65.6 Å². The van der Waals surface area contributed by atoms with Crippen LogP contribution in [0.15, 0.2) is 48.7 Å². The second kappa shape index (κ2) is 7.06. The Morgan fingerprint density at radius 2 is 1.81 bits per heavy atom. The lowest BCUT2D eigenvalue weighted by atomic mass is 9.84. The number of benzene rings is 2. The Labute approximate surface area is 156 Å². The van der Waals surface area contributed by atoms with Crippen molar-refractivity contribution in [2.75, 3.05) is 0 Å². The van der Waals surface area contributed by atoms with Gasteiger partial charge in [-0.3, -0.25) is 4.79 Å². The van der Waals surface area contributed by atoms with E-state index < -0.39 is 11.9 Å². The Kier molecular flexibility index (Phi) is 4.60. The third kappa shape index (κ3) is 3.29. The molecule has 3 aromatic rings. The maximum atomic E-state index is 13.9. The van der Waals surface area contributed by atoms with E-state index >= 15 is 0 Å². The number of aromatic nitrogens is 1. The molecule has 1 aromatic heterocycles. The van der Waals surface area contributed by atoms with Crippen LogP contribution < -0.4 is 0 Å². The van der Waals surface area contributed by atoms with Gasteiger partial charge in [0.15, 0.2) is 5.88 Å². The Balaban J connectivity index is 1.58. The summed E-state index contributed by atoms with van der Waals surface area (Å²) in [7, 11) is 0. The molecule has 1 fully saturated rings. The van der Waals surface area contributed by atoms with Crippen molar-refractivity contribution in [1.82, 2.24) is 4.57 Å². The number of aromatic hydroxyl groups is 1. The van der Waals surface area contributed by atoms with E-state index in [-0.39, 0.29) is 17.6 Å². The topological polar surface area (TPSA) is 62.5 Å². The summed E-state index contributed by atoms with van der Waals surface area (Å²) in [5, 5.41) is 20.9. The SMILES string of the molecule is O=C(O)C(c1ccc(Cn2cc3c(F)cccc3c2O)cc1)C1CCCC1. The standard InChI is InChI=1S/C22H22FNO3/c23-19-7-3-6-17-18(19)13-24(21(17)25)12-14-8-10-16(11-9-14)20(22(26)27)15-4-1-2-5-15/h3,6-11,13,15,20,25H,1-2,4-5,12H2,(H,26,27). The number of rotatable bonds is 5. The van der Waals surface area contributed by atoms with Crippen LogP contribution in [0.2, 0.25) is 0 Å². The van der Waals surface area contributed by atoms with Crippen molar-refractivity contribution >= 4 is 16.7 Å². The Bertz CT molecular complexity index is 971. The van der Waals surface area contributed by atoms with E-state index in [2.05, 4.69) is 0 Å².